The SMILES string of the molecule is Cc1cccc(-c2ccc(COCCC(=O)O)o2)c1. The van der Waals surface area contributed by atoms with Crippen molar-refractivity contribution in [2.24, 2.45) is 0 Å². The first-order valence-electron chi connectivity index (χ1n) is 6.10. The molecule has 0 spiro atoms. The average molecular weight is 260 g/mol. The fourth-order valence-electron chi connectivity index (χ4n) is 1.74. The summed E-state index contributed by atoms with van der Waals surface area (Å²) in [5.74, 6) is 0.627. The van der Waals surface area contributed by atoms with E-state index in [9.17, 15) is 4.79 Å². The number of ether oxygens (including phenoxy) is 1. The van der Waals surface area contributed by atoms with E-state index in [1.54, 1.807) is 0 Å². The summed E-state index contributed by atoms with van der Waals surface area (Å²) in [5, 5.41) is 8.49. The van der Waals surface area contributed by atoms with E-state index < -0.39 is 5.97 Å². The Morgan fingerprint density at radius 1 is 1.32 bits per heavy atom. The van der Waals surface area contributed by atoms with Crippen molar-refractivity contribution in [1.82, 2.24) is 0 Å². The molecule has 2 rings (SSSR count). The third-order valence-corrected chi connectivity index (χ3v) is 2.67. The molecule has 0 radical (unpaired) electrons. The van der Waals surface area contributed by atoms with Crippen molar-refractivity contribution in [3.8, 4) is 11.3 Å². The van der Waals surface area contributed by atoms with E-state index in [-0.39, 0.29) is 13.0 Å². The molecule has 1 N–H and O–H groups in total. The summed E-state index contributed by atoms with van der Waals surface area (Å²) in [4.78, 5) is 10.3. The molecule has 4 heteroatoms. The Bertz CT molecular complexity index is 557. The molecular formula is C15H16O4. The zero-order chi connectivity index (χ0) is 13.7. The van der Waals surface area contributed by atoms with E-state index in [1.807, 2.05) is 43.3 Å². The highest BCUT2D eigenvalue weighted by atomic mass is 16.5. The second-order valence-electron chi connectivity index (χ2n) is 4.33. The van der Waals surface area contributed by atoms with Crippen molar-refractivity contribution < 1.29 is 19.1 Å². The quantitative estimate of drug-likeness (QED) is 0.810. The van der Waals surface area contributed by atoms with Gasteiger partial charge in [-0.25, -0.2) is 0 Å². The van der Waals surface area contributed by atoms with Gasteiger partial charge in [0.15, 0.2) is 0 Å². The van der Waals surface area contributed by atoms with E-state index in [2.05, 4.69) is 0 Å². The highest BCUT2D eigenvalue weighted by Crippen LogP contribution is 2.23. The zero-order valence-corrected chi connectivity index (χ0v) is 10.8. The Morgan fingerprint density at radius 2 is 2.16 bits per heavy atom. The summed E-state index contributed by atoms with van der Waals surface area (Å²) < 4.78 is 10.9. The molecule has 0 fully saturated rings. The minimum absolute atomic E-state index is 0.00540. The molecule has 1 aromatic carbocycles. The van der Waals surface area contributed by atoms with Gasteiger partial charge in [-0.2, -0.15) is 0 Å². The van der Waals surface area contributed by atoms with Gasteiger partial charge in [0.1, 0.15) is 18.1 Å². The summed E-state index contributed by atoms with van der Waals surface area (Å²) in [6.07, 6.45) is 0.00540. The fourth-order valence-corrected chi connectivity index (χ4v) is 1.74. The maximum atomic E-state index is 10.3. The lowest BCUT2D eigenvalue weighted by Gasteiger charge is -2.00. The van der Waals surface area contributed by atoms with Crippen LogP contribution in [-0.2, 0) is 16.1 Å². The van der Waals surface area contributed by atoms with Crippen molar-refractivity contribution >= 4 is 5.97 Å². The zero-order valence-electron chi connectivity index (χ0n) is 10.8. The van der Waals surface area contributed by atoms with Crippen LogP contribution in [0.4, 0.5) is 0 Å². The third kappa shape index (κ3) is 3.96. The number of carboxylic acids is 1. The Balaban J connectivity index is 1.94. The normalized spacial score (nSPS) is 10.6. The Kier molecular flexibility index (Phi) is 4.36. The molecule has 4 nitrogen and oxygen atoms in total. The molecule has 0 saturated carbocycles. The molecule has 19 heavy (non-hydrogen) atoms. The molecule has 1 aromatic heterocycles. The van der Waals surface area contributed by atoms with Gasteiger partial charge < -0.3 is 14.3 Å². The van der Waals surface area contributed by atoms with Crippen molar-refractivity contribution in [2.45, 2.75) is 20.0 Å². The molecule has 0 aliphatic rings. The van der Waals surface area contributed by atoms with Gasteiger partial charge in [-0.05, 0) is 25.1 Å². The van der Waals surface area contributed by atoms with E-state index in [0.29, 0.717) is 12.4 Å². The maximum Gasteiger partial charge on any atom is 0.305 e. The number of carboxylic acid groups (broad SMARTS) is 1. The van der Waals surface area contributed by atoms with Gasteiger partial charge in [-0.1, -0.05) is 23.8 Å². The van der Waals surface area contributed by atoms with Crippen LogP contribution in [0, 0.1) is 6.92 Å². The van der Waals surface area contributed by atoms with Gasteiger partial charge in [0.05, 0.1) is 13.0 Å². The molecule has 0 bridgehead atoms. The molecule has 0 amide bonds. The molecule has 0 aliphatic heterocycles. The van der Waals surface area contributed by atoms with Crippen LogP contribution in [0.3, 0.4) is 0 Å². The predicted molar refractivity (Wildman–Crippen MR) is 70.8 cm³/mol. The van der Waals surface area contributed by atoms with Crippen molar-refractivity contribution in [2.75, 3.05) is 6.61 Å². The Hall–Kier alpha value is -2.07. The van der Waals surface area contributed by atoms with Crippen LogP contribution in [0.1, 0.15) is 17.7 Å². The lowest BCUT2D eigenvalue weighted by molar-refractivity contribution is -0.138. The number of rotatable bonds is 6. The first-order chi connectivity index (χ1) is 9.15. The van der Waals surface area contributed by atoms with Crippen LogP contribution in [0.15, 0.2) is 40.8 Å². The Morgan fingerprint density at radius 3 is 2.89 bits per heavy atom. The molecule has 2 aromatic rings. The molecular weight excluding hydrogens is 244 g/mol. The first-order valence-corrected chi connectivity index (χ1v) is 6.10. The lowest BCUT2D eigenvalue weighted by atomic mass is 10.1. The van der Waals surface area contributed by atoms with E-state index in [4.69, 9.17) is 14.3 Å². The number of benzene rings is 1. The summed E-state index contributed by atoms with van der Waals surface area (Å²) in [6, 6.07) is 11.8. The highest BCUT2D eigenvalue weighted by Gasteiger charge is 2.05. The van der Waals surface area contributed by atoms with Crippen LogP contribution in [0.5, 0.6) is 0 Å². The molecule has 0 aliphatic carbocycles. The van der Waals surface area contributed by atoms with Crippen molar-refractivity contribution in [3.63, 3.8) is 0 Å². The van der Waals surface area contributed by atoms with Crippen LogP contribution < -0.4 is 0 Å². The minimum Gasteiger partial charge on any atom is -0.481 e. The van der Waals surface area contributed by atoms with E-state index in [0.717, 1.165) is 11.3 Å². The largest absolute Gasteiger partial charge is 0.481 e. The number of hydrogen-bond acceptors (Lipinski definition) is 3. The monoisotopic (exact) mass is 260 g/mol. The van der Waals surface area contributed by atoms with Gasteiger partial charge in [-0.3, -0.25) is 4.79 Å². The second kappa shape index (κ2) is 6.20. The van der Waals surface area contributed by atoms with Crippen molar-refractivity contribution in [3.05, 3.63) is 47.7 Å². The molecule has 0 unspecified atom stereocenters. The number of aliphatic carboxylic acids is 1. The number of aryl methyl sites for hydroxylation is 1. The molecule has 1 heterocycles. The number of hydrogen-bond donors (Lipinski definition) is 1. The van der Waals surface area contributed by atoms with Crippen LogP contribution in [0.2, 0.25) is 0 Å². The van der Waals surface area contributed by atoms with Gasteiger partial charge >= 0.3 is 5.97 Å². The summed E-state index contributed by atoms with van der Waals surface area (Å²) in [5.41, 5.74) is 2.20. The number of furan rings is 1. The van der Waals surface area contributed by atoms with Gasteiger partial charge in [-0.15, -0.1) is 0 Å². The highest BCUT2D eigenvalue weighted by molar-refractivity contribution is 5.66. The number of carbonyl (C=O) groups is 1. The summed E-state index contributed by atoms with van der Waals surface area (Å²) in [6.45, 7) is 2.51. The molecule has 0 saturated heterocycles. The predicted octanol–water partition coefficient (Wildman–Crippen LogP) is 3.25. The lowest BCUT2D eigenvalue weighted by Crippen LogP contribution is -2.02. The van der Waals surface area contributed by atoms with Gasteiger partial charge in [0.25, 0.3) is 0 Å². The summed E-state index contributed by atoms with van der Waals surface area (Å²) in [7, 11) is 0. The van der Waals surface area contributed by atoms with Crippen molar-refractivity contribution in [1.29, 1.82) is 0 Å². The minimum atomic E-state index is -0.861. The van der Waals surface area contributed by atoms with E-state index >= 15 is 0 Å². The van der Waals surface area contributed by atoms with Crippen LogP contribution in [-0.4, -0.2) is 17.7 Å². The molecule has 100 valence electrons. The summed E-state index contributed by atoms with van der Waals surface area (Å²) >= 11 is 0. The van der Waals surface area contributed by atoms with Crippen LogP contribution in [0.25, 0.3) is 11.3 Å². The Labute approximate surface area is 111 Å². The topological polar surface area (TPSA) is 59.7 Å². The van der Waals surface area contributed by atoms with E-state index in [1.165, 1.54) is 5.56 Å². The smallest absolute Gasteiger partial charge is 0.305 e. The first kappa shape index (κ1) is 13.4. The molecule has 0 atom stereocenters. The fraction of sp³-hybridized carbons (Fsp3) is 0.267. The van der Waals surface area contributed by atoms with Gasteiger partial charge in [0.2, 0.25) is 0 Å². The third-order valence-electron chi connectivity index (χ3n) is 2.67. The maximum absolute atomic E-state index is 10.3. The average Bonchev–Trinajstić information content (AvgIpc) is 2.83. The standard InChI is InChI=1S/C15H16O4/c1-11-3-2-4-12(9-11)14-6-5-13(19-14)10-18-8-7-15(16)17/h2-6,9H,7-8,10H2,1H3,(H,16,17). The van der Waals surface area contributed by atoms with Crippen LogP contribution >= 0.6 is 0 Å². The second-order valence-corrected chi connectivity index (χ2v) is 4.33. The van der Waals surface area contributed by atoms with Gasteiger partial charge in [0, 0.05) is 5.56 Å².